The van der Waals surface area contributed by atoms with Crippen molar-refractivity contribution in [1.29, 1.82) is 0 Å². The topological polar surface area (TPSA) is 136 Å². The first-order valence-corrected chi connectivity index (χ1v) is 11.8. The zero-order chi connectivity index (χ0) is 25.7. The van der Waals surface area contributed by atoms with Crippen LogP contribution in [0.25, 0.3) is 22.8 Å². The summed E-state index contributed by atoms with van der Waals surface area (Å²) in [6.07, 6.45) is 0.189. The lowest BCUT2D eigenvalue weighted by molar-refractivity contribution is 0.0944. The average molecular weight is 492 g/mol. The predicted molar refractivity (Wildman–Crippen MR) is 131 cm³/mol. The first kappa shape index (κ1) is 25.1. The molecule has 0 radical (unpaired) electrons. The molecule has 0 fully saturated rings. The van der Waals surface area contributed by atoms with Crippen molar-refractivity contribution in [2.75, 3.05) is 13.2 Å². The van der Waals surface area contributed by atoms with Gasteiger partial charge in [0.2, 0.25) is 17.5 Å². The van der Waals surface area contributed by atoms with Crippen molar-refractivity contribution in [3.8, 4) is 28.5 Å². The number of nitrogens with zero attached hydrogens (tertiary/aromatic N) is 4. The number of carbonyl (C=O) groups is 1. The fourth-order valence-corrected chi connectivity index (χ4v) is 3.55. The van der Waals surface area contributed by atoms with Gasteiger partial charge in [-0.05, 0) is 55.3 Å². The van der Waals surface area contributed by atoms with E-state index in [1.54, 1.807) is 12.1 Å². The molecule has 1 amide bonds. The highest BCUT2D eigenvalue weighted by Crippen LogP contribution is 2.28. The molecular weight excluding hydrogens is 462 g/mol. The van der Waals surface area contributed by atoms with Crippen LogP contribution < -0.4 is 10.1 Å². The molecule has 36 heavy (non-hydrogen) atoms. The molecule has 0 aliphatic rings. The maximum absolute atomic E-state index is 12.2. The Morgan fingerprint density at radius 3 is 2.25 bits per heavy atom. The van der Waals surface area contributed by atoms with E-state index in [0.29, 0.717) is 41.2 Å². The molecule has 1 unspecified atom stereocenters. The van der Waals surface area contributed by atoms with Gasteiger partial charge in [-0.3, -0.25) is 4.79 Å². The average Bonchev–Trinajstić information content (AvgIpc) is 3.57. The second-order valence-electron chi connectivity index (χ2n) is 8.62. The third-order valence-corrected chi connectivity index (χ3v) is 5.54. The Hall–Kier alpha value is -4.05. The first-order chi connectivity index (χ1) is 17.4. The van der Waals surface area contributed by atoms with E-state index in [0.717, 1.165) is 16.7 Å². The normalized spacial score (nSPS) is 12.1. The summed E-state index contributed by atoms with van der Waals surface area (Å²) >= 11 is 0. The molecule has 2 aromatic heterocycles. The maximum atomic E-state index is 12.2. The summed E-state index contributed by atoms with van der Waals surface area (Å²) in [5.74, 6) is 2.46. The molecule has 0 spiro atoms. The Balaban J connectivity index is 1.45. The minimum Gasteiger partial charge on any atom is -0.481 e. The molecule has 0 aliphatic heterocycles. The van der Waals surface area contributed by atoms with Gasteiger partial charge in [-0.15, -0.1) is 0 Å². The summed E-state index contributed by atoms with van der Waals surface area (Å²) in [4.78, 5) is 21.2. The third-order valence-electron chi connectivity index (χ3n) is 5.54. The fourth-order valence-electron chi connectivity index (χ4n) is 3.55. The highest BCUT2D eigenvalue weighted by Gasteiger charge is 2.21. The Labute approximate surface area is 208 Å². The molecule has 1 atom stereocenters. The van der Waals surface area contributed by atoms with Crippen molar-refractivity contribution in [1.82, 2.24) is 25.6 Å². The number of aliphatic hydroxyl groups excluding tert-OH is 1. The van der Waals surface area contributed by atoms with E-state index >= 15 is 0 Å². The van der Waals surface area contributed by atoms with Crippen molar-refractivity contribution >= 4 is 5.91 Å². The third kappa shape index (κ3) is 5.60. The van der Waals surface area contributed by atoms with Crippen molar-refractivity contribution in [2.45, 2.75) is 46.1 Å². The molecule has 10 heteroatoms. The van der Waals surface area contributed by atoms with Gasteiger partial charge >= 0.3 is 0 Å². The summed E-state index contributed by atoms with van der Waals surface area (Å²) in [6, 6.07) is 12.7. The van der Waals surface area contributed by atoms with E-state index in [2.05, 4.69) is 25.6 Å². The van der Waals surface area contributed by atoms with Crippen molar-refractivity contribution in [3.05, 3.63) is 65.4 Å². The maximum Gasteiger partial charge on any atom is 0.268 e. The van der Waals surface area contributed by atoms with Crippen LogP contribution in [0.4, 0.5) is 0 Å². The summed E-state index contributed by atoms with van der Waals surface area (Å²) < 4.78 is 16.9. The number of rotatable bonds is 10. The zero-order valence-corrected chi connectivity index (χ0v) is 20.7. The lowest BCUT2D eigenvalue weighted by atomic mass is 10.0. The Bertz CT molecular complexity index is 1310. The highest BCUT2D eigenvalue weighted by atomic mass is 16.5. The number of aromatic nitrogens is 4. The number of ether oxygens (including phenoxy) is 1. The van der Waals surface area contributed by atoms with E-state index < -0.39 is 6.10 Å². The molecule has 0 aliphatic carbocycles. The van der Waals surface area contributed by atoms with Crippen LogP contribution in [0.2, 0.25) is 0 Å². The molecule has 10 nitrogen and oxygen atoms in total. The van der Waals surface area contributed by atoms with E-state index in [1.807, 2.05) is 58.0 Å². The molecule has 4 rings (SSSR count). The van der Waals surface area contributed by atoms with Gasteiger partial charge in [0.25, 0.3) is 11.8 Å². The number of aryl methyl sites for hydroxylation is 1. The SMILES string of the molecule is CCC(Oc1ccc(-c2noc(C(C)C)n2)cc1)c1nc(-c2ccc(C(=O)NCCO)c(C)c2)no1. The highest BCUT2D eigenvalue weighted by molar-refractivity contribution is 5.96. The van der Waals surface area contributed by atoms with E-state index in [-0.39, 0.29) is 25.0 Å². The molecule has 0 saturated carbocycles. The summed E-state index contributed by atoms with van der Waals surface area (Å²) in [6.45, 7) is 7.88. The van der Waals surface area contributed by atoms with Gasteiger partial charge in [-0.25, -0.2) is 0 Å². The van der Waals surface area contributed by atoms with Gasteiger partial charge in [0.15, 0.2) is 6.10 Å². The zero-order valence-electron chi connectivity index (χ0n) is 20.7. The summed E-state index contributed by atoms with van der Waals surface area (Å²) in [7, 11) is 0. The van der Waals surface area contributed by atoms with E-state index in [4.69, 9.17) is 18.9 Å². The molecule has 0 bridgehead atoms. The van der Waals surface area contributed by atoms with Crippen LogP contribution in [0, 0.1) is 6.92 Å². The van der Waals surface area contributed by atoms with E-state index in [9.17, 15) is 4.79 Å². The lowest BCUT2D eigenvalue weighted by Gasteiger charge is -2.13. The van der Waals surface area contributed by atoms with Crippen molar-refractivity contribution in [2.24, 2.45) is 0 Å². The van der Waals surface area contributed by atoms with Crippen LogP contribution in [0.1, 0.15) is 66.9 Å². The van der Waals surface area contributed by atoms with Crippen LogP contribution >= 0.6 is 0 Å². The molecule has 4 aromatic rings. The van der Waals surface area contributed by atoms with Crippen LogP contribution in [0.5, 0.6) is 5.75 Å². The Morgan fingerprint density at radius 1 is 1.00 bits per heavy atom. The molecule has 0 saturated heterocycles. The van der Waals surface area contributed by atoms with Crippen molar-refractivity contribution < 1.29 is 23.7 Å². The number of amides is 1. The van der Waals surface area contributed by atoms with Crippen LogP contribution in [-0.4, -0.2) is 44.4 Å². The van der Waals surface area contributed by atoms with Crippen LogP contribution in [0.15, 0.2) is 51.5 Å². The largest absolute Gasteiger partial charge is 0.481 e. The number of aliphatic hydroxyl groups is 1. The summed E-state index contributed by atoms with van der Waals surface area (Å²) in [5, 5.41) is 19.7. The smallest absolute Gasteiger partial charge is 0.268 e. The molecule has 2 heterocycles. The van der Waals surface area contributed by atoms with Gasteiger partial charge in [-0.2, -0.15) is 9.97 Å². The van der Waals surface area contributed by atoms with Crippen LogP contribution in [0.3, 0.4) is 0 Å². The van der Waals surface area contributed by atoms with Gasteiger partial charge in [-0.1, -0.05) is 37.2 Å². The molecular formula is C26H29N5O5. The fraction of sp³-hybridized carbons (Fsp3) is 0.346. The Kier molecular flexibility index (Phi) is 7.74. The number of hydrogen-bond donors (Lipinski definition) is 2. The number of carbonyl (C=O) groups excluding carboxylic acids is 1. The van der Waals surface area contributed by atoms with E-state index in [1.165, 1.54) is 0 Å². The number of benzene rings is 2. The Morgan fingerprint density at radius 2 is 1.64 bits per heavy atom. The second kappa shape index (κ2) is 11.1. The standard InChI is InChI=1S/C26H29N5O5/c1-5-21(34-19-9-6-17(7-10-19)22-28-25(15(2)3)35-30-22)26-29-23(31-36-26)18-8-11-20(16(4)14-18)24(33)27-12-13-32/h6-11,14-15,21,32H,5,12-13H2,1-4H3,(H,27,33). The molecule has 188 valence electrons. The minimum atomic E-state index is -0.431. The molecule has 2 N–H and O–H groups in total. The summed E-state index contributed by atoms with van der Waals surface area (Å²) in [5.41, 5.74) is 2.84. The van der Waals surface area contributed by atoms with Gasteiger partial charge in [0.1, 0.15) is 5.75 Å². The first-order valence-electron chi connectivity index (χ1n) is 11.8. The van der Waals surface area contributed by atoms with Crippen LogP contribution in [-0.2, 0) is 0 Å². The second-order valence-corrected chi connectivity index (χ2v) is 8.62. The number of hydrogen-bond acceptors (Lipinski definition) is 9. The predicted octanol–water partition coefficient (Wildman–Crippen LogP) is 4.47. The van der Waals surface area contributed by atoms with Gasteiger partial charge < -0.3 is 24.2 Å². The minimum absolute atomic E-state index is 0.114. The molecule has 2 aromatic carbocycles. The quantitative estimate of drug-likeness (QED) is 0.329. The lowest BCUT2D eigenvalue weighted by Crippen LogP contribution is -2.26. The van der Waals surface area contributed by atoms with Crippen molar-refractivity contribution in [3.63, 3.8) is 0 Å². The number of nitrogens with one attached hydrogen (secondary N) is 1. The van der Waals surface area contributed by atoms with Gasteiger partial charge in [0, 0.05) is 29.2 Å². The van der Waals surface area contributed by atoms with Gasteiger partial charge in [0.05, 0.1) is 6.61 Å². The monoisotopic (exact) mass is 491 g/mol.